The predicted molar refractivity (Wildman–Crippen MR) is 81.4 cm³/mol. The van der Waals surface area contributed by atoms with Crippen LogP contribution in [0.2, 0.25) is 0 Å². The maximum Gasteiger partial charge on any atom is 0.282 e. The van der Waals surface area contributed by atoms with Gasteiger partial charge in [-0.1, -0.05) is 25.5 Å². The second-order valence-electron chi connectivity index (χ2n) is 5.25. The van der Waals surface area contributed by atoms with E-state index < -0.39 is 10.2 Å². The van der Waals surface area contributed by atoms with E-state index in [4.69, 9.17) is 5.73 Å². The van der Waals surface area contributed by atoms with Crippen molar-refractivity contribution in [1.29, 1.82) is 0 Å². The molecule has 20 heavy (non-hydrogen) atoms. The Kier molecular flexibility index (Phi) is 4.67. The molecule has 1 aliphatic rings. The Hall–Kier alpha value is -1.11. The normalized spacial score (nSPS) is 16.4. The van der Waals surface area contributed by atoms with Crippen LogP contribution in [0.5, 0.6) is 0 Å². The summed E-state index contributed by atoms with van der Waals surface area (Å²) in [5.74, 6) is 0. The van der Waals surface area contributed by atoms with Crippen LogP contribution in [0.25, 0.3) is 0 Å². The molecule has 0 unspecified atom stereocenters. The third-order valence-electron chi connectivity index (χ3n) is 3.81. The van der Waals surface area contributed by atoms with E-state index in [1.165, 1.54) is 4.31 Å². The summed E-state index contributed by atoms with van der Waals surface area (Å²) in [7, 11) is -1.71. The van der Waals surface area contributed by atoms with Gasteiger partial charge in [-0.15, -0.1) is 0 Å². The highest BCUT2D eigenvalue weighted by atomic mass is 32.2. The van der Waals surface area contributed by atoms with Crippen LogP contribution in [-0.4, -0.2) is 37.2 Å². The van der Waals surface area contributed by atoms with Crippen molar-refractivity contribution in [2.24, 2.45) is 0 Å². The second kappa shape index (κ2) is 6.11. The predicted octanol–water partition coefficient (Wildman–Crippen LogP) is 1.60. The first-order valence-corrected chi connectivity index (χ1v) is 8.44. The lowest BCUT2D eigenvalue weighted by atomic mass is 9.99. The molecule has 0 aliphatic carbocycles. The van der Waals surface area contributed by atoms with Crippen LogP contribution in [0, 0.1) is 0 Å². The number of nitrogens with two attached hydrogens (primary N) is 1. The molecule has 0 aromatic heterocycles. The molecule has 0 spiro atoms. The van der Waals surface area contributed by atoms with E-state index >= 15 is 0 Å². The molecule has 1 aliphatic heterocycles. The number of nitrogen functional groups attached to an aromatic ring is 1. The topological polar surface area (TPSA) is 66.6 Å². The number of nitrogens with zero attached hydrogens (tertiary/aromatic N) is 2. The SMILES string of the molecule is CCCCN(C)S(=O)(=O)N1CCc2c(N)cccc2C1. The van der Waals surface area contributed by atoms with E-state index in [0.717, 1.165) is 29.7 Å². The number of unbranched alkanes of at least 4 members (excludes halogenated alkanes) is 1. The first kappa shape index (κ1) is 15.3. The molecule has 0 saturated carbocycles. The van der Waals surface area contributed by atoms with Gasteiger partial charge in [-0.3, -0.25) is 0 Å². The summed E-state index contributed by atoms with van der Waals surface area (Å²) >= 11 is 0. The van der Waals surface area contributed by atoms with E-state index in [-0.39, 0.29) is 0 Å². The van der Waals surface area contributed by atoms with Gasteiger partial charge in [0.2, 0.25) is 0 Å². The Balaban J connectivity index is 2.16. The molecule has 112 valence electrons. The third-order valence-corrected chi connectivity index (χ3v) is 5.75. The van der Waals surface area contributed by atoms with Gasteiger partial charge >= 0.3 is 0 Å². The number of fused-ring (bicyclic) bond motifs is 1. The maximum absolute atomic E-state index is 12.5. The number of hydrogen-bond donors (Lipinski definition) is 1. The van der Waals surface area contributed by atoms with E-state index in [2.05, 4.69) is 6.92 Å². The molecule has 0 fully saturated rings. The van der Waals surface area contributed by atoms with Crippen molar-refractivity contribution in [3.8, 4) is 0 Å². The molecule has 1 aromatic carbocycles. The van der Waals surface area contributed by atoms with Crippen molar-refractivity contribution in [3.05, 3.63) is 29.3 Å². The van der Waals surface area contributed by atoms with Crippen LogP contribution in [0.15, 0.2) is 18.2 Å². The molecule has 2 rings (SSSR count). The molecule has 0 atom stereocenters. The minimum Gasteiger partial charge on any atom is -0.398 e. The summed E-state index contributed by atoms with van der Waals surface area (Å²) in [5, 5.41) is 0. The van der Waals surface area contributed by atoms with Crippen LogP contribution >= 0.6 is 0 Å². The van der Waals surface area contributed by atoms with Gasteiger partial charge in [0.1, 0.15) is 0 Å². The molecule has 1 aromatic rings. The number of anilines is 1. The van der Waals surface area contributed by atoms with Crippen LogP contribution in [0.3, 0.4) is 0 Å². The molecule has 0 radical (unpaired) electrons. The molecule has 0 bridgehead atoms. The molecular formula is C14H23N3O2S. The van der Waals surface area contributed by atoms with Crippen molar-refractivity contribution in [2.45, 2.75) is 32.7 Å². The summed E-state index contributed by atoms with van der Waals surface area (Å²) in [4.78, 5) is 0. The van der Waals surface area contributed by atoms with Gasteiger partial charge in [0, 0.05) is 32.4 Å². The second-order valence-corrected chi connectivity index (χ2v) is 7.29. The molecular weight excluding hydrogens is 274 g/mol. The smallest absolute Gasteiger partial charge is 0.282 e. The Bertz CT molecular complexity index is 572. The molecule has 0 amide bonds. The zero-order valence-corrected chi connectivity index (χ0v) is 13.0. The largest absolute Gasteiger partial charge is 0.398 e. The van der Waals surface area contributed by atoms with E-state index in [9.17, 15) is 8.42 Å². The Morgan fingerprint density at radius 2 is 2.15 bits per heavy atom. The number of benzene rings is 1. The van der Waals surface area contributed by atoms with Crippen LogP contribution < -0.4 is 5.73 Å². The monoisotopic (exact) mass is 297 g/mol. The average Bonchev–Trinajstić information content (AvgIpc) is 2.44. The highest BCUT2D eigenvalue weighted by molar-refractivity contribution is 7.86. The van der Waals surface area contributed by atoms with Crippen molar-refractivity contribution < 1.29 is 8.42 Å². The molecule has 1 heterocycles. The summed E-state index contributed by atoms with van der Waals surface area (Å²) < 4.78 is 28.0. The maximum atomic E-state index is 12.5. The summed E-state index contributed by atoms with van der Waals surface area (Å²) in [6, 6.07) is 5.71. The van der Waals surface area contributed by atoms with Gasteiger partial charge in [-0.05, 0) is 30.0 Å². The molecule has 5 nitrogen and oxygen atoms in total. The fourth-order valence-electron chi connectivity index (χ4n) is 2.50. The Labute approximate surface area is 121 Å². The highest BCUT2D eigenvalue weighted by Gasteiger charge is 2.30. The zero-order chi connectivity index (χ0) is 14.8. The van der Waals surface area contributed by atoms with Gasteiger partial charge in [-0.2, -0.15) is 17.0 Å². The van der Waals surface area contributed by atoms with Gasteiger partial charge < -0.3 is 5.73 Å². The summed E-state index contributed by atoms with van der Waals surface area (Å²) in [6.45, 7) is 3.54. The highest BCUT2D eigenvalue weighted by Crippen LogP contribution is 2.26. The van der Waals surface area contributed by atoms with Crippen LogP contribution in [0.1, 0.15) is 30.9 Å². The van der Waals surface area contributed by atoms with Crippen molar-refractivity contribution in [3.63, 3.8) is 0 Å². The van der Waals surface area contributed by atoms with E-state index in [0.29, 0.717) is 26.1 Å². The zero-order valence-electron chi connectivity index (χ0n) is 12.2. The quantitative estimate of drug-likeness (QED) is 0.840. The lowest BCUT2D eigenvalue weighted by molar-refractivity contribution is 0.342. The van der Waals surface area contributed by atoms with Crippen molar-refractivity contribution in [2.75, 3.05) is 25.9 Å². The van der Waals surface area contributed by atoms with Gasteiger partial charge in [0.05, 0.1) is 0 Å². The lowest BCUT2D eigenvalue weighted by Gasteiger charge is -2.32. The summed E-state index contributed by atoms with van der Waals surface area (Å²) in [5.41, 5.74) is 8.82. The van der Waals surface area contributed by atoms with E-state index in [1.54, 1.807) is 11.4 Å². The average molecular weight is 297 g/mol. The fourth-order valence-corrected chi connectivity index (χ4v) is 3.88. The first-order chi connectivity index (χ1) is 9.46. The number of rotatable bonds is 5. The minimum atomic E-state index is -3.36. The standard InChI is InChI=1S/C14H23N3O2S/c1-3-4-9-16(2)20(18,19)17-10-8-13-12(11-17)6-5-7-14(13)15/h5-7H,3-4,8-11,15H2,1-2H3. The van der Waals surface area contributed by atoms with Crippen molar-refractivity contribution in [1.82, 2.24) is 8.61 Å². The van der Waals surface area contributed by atoms with Crippen molar-refractivity contribution >= 4 is 15.9 Å². The van der Waals surface area contributed by atoms with Gasteiger partial charge in [-0.25, -0.2) is 0 Å². The van der Waals surface area contributed by atoms with Gasteiger partial charge in [0.25, 0.3) is 10.2 Å². The third kappa shape index (κ3) is 2.97. The Morgan fingerprint density at radius 3 is 2.85 bits per heavy atom. The first-order valence-electron chi connectivity index (χ1n) is 7.04. The van der Waals surface area contributed by atoms with Gasteiger partial charge in [0.15, 0.2) is 0 Å². The molecule has 0 saturated heterocycles. The van der Waals surface area contributed by atoms with E-state index in [1.807, 2.05) is 18.2 Å². The van der Waals surface area contributed by atoms with Crippen LogP contribution in [-0.2, 0) is 23.2 Å². The molecule has 6 heteroatoms. The minimum absolute atomic E-state index is 0.416. The van der Waals surface area contributed by atoms with Crippen LogP contribution in [0.4, 0.5) is 5.69 Å². The Morgan fingerprint density at radius 1 is 1.40 bits per heavy atom. The fraction of sp³-hybridized carbons (Fsp3) is 0.571. The number of hydrogen-bond acceptors (Lipinski definition) is 3. The summed E-state index contributed by atoms with van der Waals surface area (Å²) in [6.07, 6.45) is 2.55. The lowest BCUT2D eigenvalue weighted by Crippen LogP contribution is -2.44. The molecule has 2 N–H and O–H groups in total.